The van der Waals surface area contributed by atoms with Crippen LogP contribution < -0.4 is 4.74 Å². The summed E-state index contributed by atoms with van der Waals surface area (Å²) in [7, 11) is 0. The van der Waals surface area contributed by atoms with Gasteiger partial charge in [-0.2, -0.15) is 0 Å². The molecule has 4 nitrogen and oxygen atoms in total. The normalized spacial score (nSPS) is 11.9. The molecule has 0 fully saturated rings. The third kappa shape index (κ3) is 3.06. The van der Waals surface area contributed by atoms with Crippen molar-refractivity contribution in [2.75, 3.05) is 0 Å². The molecule has 1 heterocycles. The van der Waals surface area contributed by atoms with Crippen molar-refractivity contribution in [1.82, 2.24) is 4.98 Å². The van der Waals surface area contributed by atoms with Crippen molar-refractivity contribution >= 4 is 18.6 Å². The number of pyridine rings is 1. The predicted molar refractivity (Wildman–Crippen MR) is 74.7 cm³/mol. The van der Waals surface area contributed by atoms with Crippen LogP contribution >= 0.6 is 12.6 Å². The van der Waals surface area contributed by atoms with Crippen LogP contribution in [0.1, 0.15) is 6.92 Å². The Bertz CT molecular complexity index is 586. The standard InChI is InChI=1S/C14H13NO3S/c1-9(14(16)17)18-12-4-2-3-11(13(12)19)10-5-7-15-8-6-10/h2-9,19H,1H3,(H,16,17). The number of carbonyl (C=O) groups is 1. The molecule has 1 atom stereocenters. The van der Waals surface area contributed by atoms with Crippen molar-refractivity contribution in [3.05, 3.63) is 42.7 Å². The minimum atomic E-state index is -1.01. The molecule has 1 aromatic carbocycles. The number of thiol groups is 1. The first kappa shape index (κ1) is 13.4. The van der Waals surface area contributed by atoms with Gasteiger partial charge in [-0.3, -0.25) is 4.98 Å². The van der Waals surface area contributed by atoms with Crippen LogP contribution in [0.3, 0.4) is 0 Å². The van der Waals surface area contributed by atoms with Gasteiger partial charge < -0.3 is 9.84 Å². The second-order valence-electron chi connectivity index (χ2n) is 3.99. The van der Waals surface area contributed by atoms with Crippen LogP contribution in [0.15, 0.2) is 47.6 Å². The summed E-state index contributed by atoms with van der Waals surface area (Å²) in [5.41, 5.74) is 1.83. The van der Waals surface area contributed by atoms with Crippen LogP contribution in [0.5, 0.6) is 5.75 Å². The number of hydrogen-bond donors (Lipinski definition) is 2. The summed E-state index contributed by atoms with van der Waals surface area (Å²) >= 11 is 4.43. The molecule has 0 amide bonds. The molecule has 19 heavy (non-hydrogen) atoms. The fourth-order valence-electron chi connectivity index (χ4n) is 1.62. The van der Waals surface area contributed by atoms with Gasteiger partial charge in [-0.15, -0.1) is 12.6 Å². The Kier molecular flexibility index (Phi) is 4.06. The monoisotopic (exact) mass is 275 g/mol. The van der Waals surface area contributed by atoms with Crippen LogP contribution in [0.2, 0.25) is 0 Å². The topological polar surface area (TPSA) is 59.4 Å². The molecule has 2 aromatic rings. The van der Waals surface area contributed by atoms with E-state index in [1.807, 2.05) is 18.2 Å². The third-order valence-electron chi connectivity index (χ3n) is 2.64. The molecule has 1 unspecified atom stereocenters. The maximum atomic E-state index is 10.8. The van der Waals surface area contributed by atoms with Crippen molar-refractivity contribution < 1.29 is 14.6 Å². The predicted octanol–water partition coefficient (Wildman–Crippen LogP) is 2.89. The van der Waals surface area contributed by atoms with Gasteiger partial charge in [-0.05, 0) is 36.2 Å². The fraction of sp³-hybridized carbons (Fsp3) is 0.143. The maximum Gasteiger partial charge on any atom is 0.344 e. The molecule has 0 aliphatic heterocycles. The summed E-state index contributed by atoms with van der Waals surface area (Å²) in [4.78, 5) is 15.4. The molecule has 0 saturated carbocycles. The molecule has 0 spiro atoms. The summed E-state index contributed by atoms with van der Waals surface area (Å²) < 4.78 is 5.38. The third-order valence-corrected chi connectivity index (χ3v) is 3.10. The minimum absolute atomic E-state index is 0.451. The number of benzene rings is 1. The van der Waals surface area contributed by atoms with Crippen LogP contribution in [0.4, 0.5) is 0 Å². The Morgan fingerprint density at radius 3 is 2.63 bits per heavy atom. The lowest BCUT2D eigenvalue weighted by Gasteiger charge is -2.14. The quantitative estimate of drug-likeness (QED) is 0.842. The van der Waals surface area contributed by atoms with Crippen molar-refractivity contribution in [3.8, 4) is 16.9 Å². The number of carboxylic acid groups (broad SMARTS) is 1. The van der Waals surface area contributed by atoms with Gasteiger partial charge in [0.2, 0.25) is 0 Å². The average molecular weight is 275 g/mol. The van der Waals surface area contributed by atoms with Crippen molar-refractivity contribution in [1.29, 1.82) is 0 Å². The molecule has 0 bridgehead atoms. The molecule has 0 aliphatic carbocycles. The Hall–Kier alpha value is -2.01. The number of carboxylic acids is 1. The Labute approximate surface area is 116 Å². The van der Waals surface area contributed by atoms with Crippen molar-refractivity contribution in [2.24, 2.45) is 0 Å². The number of aliphatic carboxylic acids is 1. The first-order valence-electron chi connectivity index (χ1n) is 5.71. The molecule has 98 valence electrons. The second kappa shape index (κ2) is 5.75. The maximum absolute atomic E-state index is 10.8. The number of hydrogen-bond acceptors (Lipinski definition) is 4. The number of ether oxygens (including phenoxy) is 1. The summed E-state index contributed by atoms with van der Waals surface area (Å²) in [6.45, 7) is 1.48. The summed E-state index contributed by atoms with van der Waals surface area (Å²) in [6.07, 6.45) is 2.46. The van der Waals surface area contributed by atoms with Gasteiger partial charge in [0.1, 0.15) is 5.75 Å². The lowest BCUT2D eigenvalue weighted by Crippen LogP contribution is -2.23. The zero-order chi connectivity index (χ0) is 13.8. The van der Waals surface area contributed by atoms with E-state index in [0.717, 1.165) is 11.1 Å². The Balaban J connectivity index is 2.36. The van der Waals surface area contributed by atoms with Gasteiger partial charge >= 0.3 is 5.97 Å². The SMILES string of the molecule is CC(Oc1cccc(-c2ccncc2)c1S)C(=O)O. The molecular formula is C14H13NO3S. The van der Waals surface area contributed by atoms with Gasteiger partial charge in [0.05, 0.1) is 4.90 Å². The molecule has 0 radical (unpaired) electrons. The smallest absolute Gasteiger partial charge is 0.344 e. The Morgan fingerprint density at radius 2 is 2.00 bits per heavy atom. The van der Waals surface area contributed by atoms with Gasteiger partial charge in [0.25, 0.3) is 0 Å². The van der Waals surface area contributed by atoms with Crippen LogP contribution in [0, 0.1) is 0 Å². The van der Waals surface area contributed by atoms with Crippen molar-refractivity contribution in [2.45, 2.75) is 17.9 Å². The van der Waals surface area contributed by atoms with Gasteiger partial charge in [-0.25, -0.2) is 4.79 Å². The highest BCUT2D eigenvalue weighted by molar-refractivity contribution is 7.80. The van der Waals surface area contributed by atoms with Gasteiger partial charge in [0.15, 0.2) is 6.10 Å². The molecule has 5 heteroatoms. The van der Waals surface area contributed by atoms with Gasteiger partial charge in [-0.1, -0.05) is 12.1 Å². The van der Waals surface area contributed by atoms with E-state index >= 15 is 0 Å². The van der Waals surface area contributed by atoms with E-state index in [2.05, 4.69) is 17.6 Å². The minimum Gasteiger partial charge on any atom is -0.479 e. The van der Waals surface area contributed by atoms with E-state index in [-0.39, 0.29) is 0 Å². The first-order chi connectivity index (χ1) is 9.09. The molecule has 2 rings (SSSR count). The van der Waals surface area contributed by atoms with E-state index in [0.29, 0.717) is 10.6 Å². The zero-order valence-corrected chi connectivity index (χ0v) is 11.2. The summed E-state index contributed by atoms with van der Waals surface area (Å²) in [5, 5.41) is 8.86. The Morgan fingerprint density at radius 1 is 1.32 bits per heavy atom. The summed E-state index contributed by atoms with van der Waals surface area (Å²) in [6, 6.07) is 9.13. The highest BCUT2D eigenvalue weighted by Crippen LogP contribution is 2.33. The zero-order valence-electron chi connectivity index (χ0n) is 10.3. The lowest BCUT2D eigenvalue weighted by molar-refractivity contribution is -0.144. The number of nitrogens with zero attached hydrogens (tertiary/aromatic N) is 1. The summed E-state index contributed by atoms with van der Waals surface area (Å²) in [5.74, 6) is -0.561. The van der Waals surface area contributed by atoms with E-state index < -0.39 is 12.1 Å². The van der Waals surface area contributed by atoms with E-state index in [4.69, 9.17) is 9.84 Å². The number of rotatable bonds is 4. The largest absolute Gasteiger partial charge is 0.479 e. The fourth-order valence-corrected chi connectivity index (χ4v) is 1.95. The van der Waals surface area contributed by atoms with E-state index in [1.54, 1.807) is 24.5 Å². The number of aromatic nitrogens is 1. The first-order valence-corrected chi connectivity index (χ1v) is 6.16. The molecule has 0 saturated heterocycles. The van der Waals surface area contributed by atoms with Crippen LogP contribution in [-0.4, -0.2) is 22.2 Å². The highest BCUT2D eigenvalue weighted by atomic mass is 32.1. The highest BCUT2D eigenvalue weighted by Gasteiger charge is 2.15. The molecular weight excluding hydrogens is 262 g/mol. The molecule has 1 aromatic heterocycles. The van der Waals surface area contributed by atoms with Crippen LogP contribution in [0.25, 0.3) is 11.1 Å². The van der Waals surface area contributed by atoms with E-state index in [1.165, 1.54) is 6.92 Å². The van der Waals surface area contributed by atoms with Crippen molar-refractivity contribution in [3.63, 3.8) is 0 Å². The lowest BCUT2D eigenvalue weighted by atomic mass is 10.1. The second-order valence-corrected chi connectivity index (χ2v) is 4.43. The van der Waals surface area contributed by atoms with Gasteiger partial charge in [0, 0.05) is 12.4 Å². The molecule has 0 aliphatic rings. The van der Waals surface area contributed by atoms with E-state index in [9.17, 15) is 4.79 Å². The molecule has 1 N–H and O–H groups in total. The average Bonchev–Trinajstić information content (AvgIpc) is 2.42. The van der Waals surface area contributed by atoms with Crippen LogP contribution in [-0.2, 0) is 4.79 Å².